The Kier molecular flexibility index (Phi) is 5.23. The van der Waals surface area contributed by atoms with Crippen molar-refractivity contribution in [3.05, 3.63) is 35.1 Å². The first kappa shape index (κ1) is 18.3. The van der Waals surface area contributed by atoms with Crippen molar-refractivity contribution in [2.75, 3.05) is 33.4 Å². The number of benzene rings is 1. The number of likely N-dealkylation sites (tertiary alicyclic amines) is 2. The van der Waals surface area contributed by atoms with E-state index in [4.69, 9.17) is 10.00 Å². The van der Waals surface area contributed by atoms with E-state index in [1.165, 1.54) is 6.07 Å². The number of halogens is 1. The molecule has 0 saturated carbocycles. The lowest BCUT2D eigenvalue weighted by atomic mass is 9.85. The molecule has 138 valence electrons. The van der Waals surface area contributed by atoms with Crippen molar-refractivity contribution >= 4 is 11.8 Å². The van der Waals surface area contributed by atoms with Gasteiger partial charge in [0.15, 0.2) is 0 Å². The van der Waals surface area contributed by atoms with Crippen LogP contribution in [0.15, 0.2) is 18.2 Å². The minimum Gasteiger partial charge on any atom is -0.383 e. The molecule has 26 heavy (non-hydrogen) atoms. The van der Waals surface area contributed by atoms with Gasteiger partial charge in [-0.3, -0.25) is 9.59 Å². The maximum Gasteiger partial charge on any atom is 0.254 e. The molecule has 0 N–H and O–H groups in total. The zero-order chi connectivity index (χ0) is 18.7. The number of hydrogen-bond acceptors (Lipinski definition) is 4. The zero-order valence-corrected chi connectivity index (χ0v) is 14.8. The van der Waals surface area contributed by atoms with Crippen molar-refractivity contribution in [2.24, 2.45) is 0 Å². The maximum atomic E-state index is 13.8. The summed E-state index contributed by atoms with van der Waals surface area (Å²) in [5.41, 5.74) is -0.648. The first-order chi connectivity index (χ1) is 12.5. The van der Waals surface area contributed by atoms with Gasteiger partial charge in [0.2, 0.25) is 5.91 Å². The fourth-order valence-electron chi connectivity index (χ4n) is 4.07. The van der Waals surface area contributed by atoms with E-state index in [1.807, 2.05) is 6.07 Å². The van der Waals surface area contributed by atoms with Crippen LogP contribution in [0.5, 0.6) is 0 Å². The van der Waals surface area contributed by atoms with Crippen LogP contribution in [0.2, 0.25) is 0 Å². The zero-order valence-electron chi connectivity index (χ0n) is 14.8. The minimum absolute atomic E-state index is 0.0523. The Hall–Kier alpha value is -2.46. The summed E-state index contributed by atoms with van der Waals surface area (Å²) in [5, 5.41) is 9.02. The van der Waals surface area contributed by atoms with Crippen molar-refractivity contribution in [1.29, 1.82) is 5.26 Å². The van der Waals surface area contributed by atoms with E-state index in [0.29, 0.717) is 39.1 Å². The van der Waals surface area contributed by atoms with Crippen LogP contribution in [0.25, 0.3) is 0 Å². The second kappa shape index (κ2) is 7.42. The summed E-state index contributed by atoms with van der Waals surface area (Å²) in [7, 11) is 1.59. The Bertz CT molecular complexity index is 761. The molecule has 1 aromatic rings. The van der Waals surface area contributed by atoms with Gasteiger partial charge in [0, 0.05) is 32.3 Å². The van der Waals surface area contributed by atoms with Crippen LogP contribution in [0.3, 0.4) is 0 Å². The molecule has 0 bridgehead atoms. The number of nitriles is 1. The summed E-state index contributed by atoms with van der Waals surface area (Å²) in [4.78, 5) is 29.5. The van der Waals surface area contributed by atoms with Crippen LogP contribution in [-0.4, -0.2) is 60.5 Å². The van der Waals surface area contributed by atoms with Gasteiger partial charge in [-0.05, 0) is 43.9 Å². The second-order valence-electron chi connectivity index (χ2n) is 6.82. The van der Waals surface area contributed by atoms with E-state index in [2.05, 4.69) is 0 Å². The van der Waals surface area contributed by atoms with E-state index in [1.54, 1.807) is 16.9 Å². The topological polar surface area (TPSA) is 73.6 Å². The maximum absolute atomic E-state index is 13.8. The number of amides is 2. The molecule has 0 aliphatic carbocycles. The Morgan fingerprint density at radius 1 is 1.31 bits per heavy atom. The average Bonchev–Trinajstić information content (AvgIpc) is 3.06. The van der Waals surface area contributed by atoms with Gasteiger partial charge in [0.05, 0.1) is 18.2 Å². The lowest BCUT2D eigenvalue weighted by molar-refractivity contribution is -0.146. The molecule has 6 nitrogen and oxygen atoms in total. The molecule has 2 fully saturated rings. The summed E-state index contributed by atoms with van der Waals surface area (Å²) >= 11 is 0. The number of carbonyl (C=O) groups is 2. The second-order valence-corrected chi connectivity index (χ2v) is 6.82. The Labute approximate surface area is 152 Å². The lowest BCUT2D eigenvalue weighted by Crippen LogP contribution is -2.61. The number of hydrogen-bond donors (Lipinski definition) is 0. The molecule has 1 atom stereocenters. The van der Waals surface area contributed by atoms with Crippen molar-refractivity contribution in [3.63, 3.8) is 0 Å². The monoisotopic (exact) mass is 359 g/mol. The summed E-state index contributed by atoms with van der Waals surface area (Å²) in [5.74, 6) is -1.07. The van der Waals surface area contributed by atoms with Gasteiger partial charge >= 0.3 is 0 Å². The van der Waals surface area contributed by atoms with Crippen molar-refractivity contribution in [2.45, 2.75) is 31.2 Å². The van der Waals surface area contributed by atoms with E-state index in [0.717, 1.165) is 25.0 Å². The number of carbonyl (C=O) groups excluding carboxylic acids is 2. The molecule has 1 spiro atoms. The van der Waals surface area contributed by atoms with E-state index >= 15 is 0 Å². The summed E-state index contributed by atoms with van der Waals surface area (Å²) in [6.45, 7) is 2.06. The predicted octanol–water partition coefficient (Wildman–Crippen LogP) is 1.94. The summed E-state index contributed by atoms with van der Waals surface area (Å²) in [6, 6.07) is 5.47. The Morgan fingerprint density at radius 2 is 2.04 bits per heavy atom. The van der Waals surface area contributed by atoms with E-state index in [9.17, 15) is 14.0 Å². The Balaban J connectivity index is 1.90. The third-order valence-electron chi connectivity index (χ3n) is 5.28. The normalized spacial score (nSPS) is 22.7. The van der Waals surface area contributed by atoms with Gasteiger partial charge in [-0.15, -0.1) is 0 Å². The lowest BCUT2D eigenvalue weighted by Gasteiger charge is -2.44. The van der Waals surface area contributed by atoms with Crippen LogP contribution >= 0.6 is 0 Å². The molecule has 1 aromatic carbocycles. The molecule has 2 aliphatic rings. The smallest absolute Gasteiger partial charge is 0.254 e. The van der Waals surface area contributed by atoms with Crippen LogP contribution in [0.1, 0.15) is 41.6 Å². The molecule has 7 heteroatoms. The highest BCUT2D eigenvalue weighted by atomic mass is 19.1. The molecule has 1 unspecified atom stereocenters. The van der Waals surface area contributed by atoms with Gasteiger partial charge in [0.25, 0.3) is 5.91 Å². The molecule has 2 amide bonds. The minimum atomic E-state index is -0.859. The molecular formula is C19H22FN3O3. The van der Waals surface area contributed by atoms with Crippen molar-refractivity contribution in [1.82, 2.24) is 9.80 Å². The highest BCUT2D eigenvalue weighted by molar-refractivity contribution is 6.00. The number of nitrogens with zero attached hydrogens (tertiary/aromatic N) is 3. The molecule has 0 aromatic heterocycles. The Morgan fingerprint density at radius 3 is 2.73 bits per heavy atom. The quantitative estimate of drug-likeness (QED) is 0.823. The number of rotatable bonds is 4. The fraction of sp³-hybridized carbons (Fsp3) is 0.526. The van der Waals surface area contributed by atoms with Crippen LogP contribution < -0.4 is 0 Å². The third kappa shape index (κ3) is 3.17. The van der Waals surface area contributed by atoms with Gasteiger partial charge < -0.3 is 14.5 Å². The highest BCUT2D eigenvalue weighted by Gasteiger charge is 2.52. The van der Waals surface area contributed by atoms with E-state index < -0.39 is 11.4 Å². The first-order valence-electron chi connectivity index (χ1n) is 8.83. The van der Waals surface area contributed by atoms with Crippen molar-refractivity contribution in [3.8, 4) is 6.07 Å². The van der Waals surface area contributed by atoms with E-state index in [-0.39, 0.29) is 22.9 Å². The third-order valence-corrected chi connectivity index (χ3v) is 5.28. The molecule has 3 rings (SSSR count). The molecule has 0 radical (unpaired) electrons. The summed E-state index contributed by atoms with van der Waals surface area (Å²) < 4.78 is 18.8. The molecular weight excluding hydrogens is 337 g/mol. The van der Waals surface area contributed by atoms with Gasteiger partial charge in [0.1, 0.15) is 11.4 Å². The predicted molar refractivity (Wildman–Crippen MR) is 91.8 cm³/mol. The fourth-order valence-corrected chi connectivity index (χ4v) is 4.07. The first-order valence-corrected chi connectivity index (χ1v) is 8.83. The van der Waals surface area contributed by atoms with Crippen LogP contribution in [-0.2, 0) is 9.53 Å². The highest BCUT2D eigenvalue weighted by Crippen LogP contribution is 2.39. The SMILES string of the molecule is COCCN1CCCC2(CCCN2C(=O)c2cc(F)cc(C#N)c2)C1=O. The van der Waals surface area contributed by atoms with Gasteiger partial charge in [-0.2, -0.15) is 5.26 Å². The average molecular weight is 359 g/mol. The van der Waals surface area contributed by atoms with Crippen LogP contribution in [0.4, 0.5) is 4.39 Å². The standard InChI is InChI=1S/C19H22FN3O3/c1-26-9-8-22-6-2-4-19(18(22)25)5-3-7-23(19)17(24)15-10-14(13-21)11-16(20)12-15/h10-12H,2-9H2,1H3. The molecule has 2 saturated heterocycles. The molecule has 2 heterocycles. The number of methoxy groups -OCH3 is 1. The number of piperidine rings is 1. The van der Waals surface area contributed by atoms with Gasteiger partial charge in [-0.1, -0.05) is 0 Å². The number of ether oxygens (including phenoxy) is 1. The van der Waals surface area contributed by atoms with Crippen molar-refractivity contribution < 1.29 is 18.7 Å². The summed E-state index contributed by atoms with van der Waals surface area (Å²) in [6.07, 6.45) is 2.77. The molecule has 2 aliphatic heterocycles. The largest absolute Gasteiger partial charge is 0.383 e. The van der Waals surface area contributed by atoms with Gasteiger partial charge in [-0.25, -0.2) is 4.39 Å². The van der Waals surface area contributed by atoms with Crippen LogP contribution in [0, 0.1) is 17.1 Å².